The van der Waals surface area contributed by atoms with Crippen LogP contribution >= 0.6 is 0 Å². The van der Waals surface area contributed by atoms with Gasteiger partial charge in [0, 0.05) is 14.1 Å². The van der Waals surface area contributed by atoms with E-state index in [1.165, 1.54) is 6.07 Å². The Labute approximate surface area is 117 Å². The Hall–Kier alpha value is -2.69. The molecule has 20 heavy (non-hydrogen) atoms. The number of nitrogens with zero attached hydrogens (tertiary/aromatic N) is 3. The lowest BCUT2D eigenvalue weighted by molar-refractivity contribution is 0.0697. The molecule has 0 amide bonds. The molecule has 0 radical (unpaired) electrons. The molecule has 0 fully saturated rings. The van der Waals surface area contributed by atoms with Gasteiger partial charge in [-0.3, -0.25) is 0 Å². The van der Waals surface area contributed by atoms with Crippen molar-refractivity contribution in [2.75, 3.05) is 19.0 Å². The van der Waals surface area contributed by atoms with Crippen LogP contribution in [0.25, 0.3) is 0 Å². The van der Waals surface area contributed by atoms with E-state index in [0.29, 0.717) is 11.4 Å². The minimum atomic E-state index is -0.959. The van der Waals surface area contributed by atoms with Gasteiger partial charge in [0.2, 0.25) is 0 Å². The highest BCUT2D eigenvalue weighted by Gasteiger charge is 2.09. The lowest BCUT2D eigenvalue weighted by Gasteiger charge is -2.15. The van der Waals surface area contributed by atoms with E-state index in [1.807, 2.05) is 49.3 Å². The van der Waals surface area contributed by atoms with Crippen LogP contribution in [-0.2, 0) is 0 Å². The number of rotatable bonds is 4. The first kappa shape index (κ1) is 13.7. The van der Waals surface area contributed by atoms with Crippen molar-refractivity contribution in [2.45, 2.75) is 0 Å². The van der Waals surface area contributed by atoms with E-state index in [9.17, 15) is 4.79 Å². The van der Waals surface area contributed by atoms with Crippen molar-refractivity contribution in [3.8, 4) is 0 Å². The Morgan fingerprint density at radius 3 is 2.35 bits per heavy atom. The van der Waals surface area contributed by atoms with E-state index in [4.69, 9.17) is 5.11 Å². The molecular formula is C15H15N3O2. The van der Waals surface area contributed by atoms with Gasteiger partial charge >= 0.3 is 5.97 Å². The van der Waals surface area contributed by atoms with Gasteiger partial charge in [-0.15, -0.1) is 5.11 Å². The van der Waals surface area contributed by atoms with Crippen molar-refractivity contribution in [1.82, 2.24) is 0 Å². The monoisotopic (exact) mass is 269 g/mol. The van der Waals surface area contributed by atoms with Gasteiger partial charge in [0.05, 0.1) is 16.9 Å². The summed E-state index contributed by atoms with van der Waals surface area (Å²) in [7, 11) is 3.67. The quantitative estimate of drug-likeness (QED) is 0.857. The van der Waals surface area contributed by atoms with Gasteiger partial charge in [0.1, 0.15) is 5.69 Å². The fourth-order valence-electron chi connectivity index (χ4n) is 1.71. The highest BCUT2D eigenvalue weighted by molar-refractivity contribution is 5.90. The zero-order chi connectivity index (χ0) is 14.5. The fourth-order valence-corrected chi connectivity index (χ4v) is 1.71. The molecule has 0 aliphatic carbocycles. The average Bonchev–Trinajstić information content (AvgIpc) is 2.45. The summed E-state index contributed by atoms with van der Waals surface area (Å²) in [5, 5.41) is 17.4. The first-order valence-corrected chi connectivity index (χ1v) is 6.09. The Morgan fingerprint density at radius 2 is 1.75 bits per heavy atom. The van der Waals surface area contributed by atoms with Crippen LogP contribution in [0.4, 0.5) is 17.1 Å². The number of carbonyl (C=O) groups is 1. The lowest BCUT2D eigenvalue weighted by atomic mass is 10.1. The molecule has 0 bridgehead atoms. The Bertz CT molecular complexity index is 637. The molecule has 0 saturated heterocycles. The zero-order valence-electron chi connectivity index (χ0n) is 11.3. The molecule has 0 aromatic heterocycles. The molecule has 102 valence electrons. The zero-order valence-corrected chi connectivity index (χ0v) is 11.3. The molecule has 0 spiro atoms. The third-order valence-electron chi connectivity index (χ3n) is 2.73. The van der Waals surface area contributed by atoms with Gasteiger partial charge in [0.25, 0.3) is 0 Å². The van der Waals surface area contributed by atoms with Gasteiger partial charge in [-0.2, -0.15) is 5.11 Å². The molecule has 0 heterocycles. The summed E-state index contributed by atoms with van der Waals surface area (Å²) in [6.45, 7) is 0. The first-order valence-electron chi connectivity index (χ1n) is 6.09. The summed E-state index contributed by atoms with van der Waals surface area (Å²) in [6.07, 6.45) is 0. The van der Waals surface area contributed by atoms with Crippen LogP contribution in [-0.4, -0.2) is 25.2 Å². The fraction of sp³-hybridized carbons (Fsp3) is 0.133. The largest absolute Gasteiger partial charge is 0.478 e. The number of azo groups is 1. The maximum absolute atomic E-state index is 11.0. The third kappa shape index (κ3) is 3.20. The number of carboxylic acids is 1. The topological polar surface area (TPSA) is 65.3 Å². The van der Waals surface area contributed by atoms with E-state index in [2.05, 4.69) is 10.2 Å². The summed E-state index contributed by atoms with van der Waals surface area (Å²) in [5.41, 5.74) is 2.32. The van der Waals surface area contributed by atoms with Gasteiger partial charge in [-0.1, -0.05) is 18.2 Å². The molecule has 1 N–H and O–H groups in total. The van der Waals surface area contributed by atoms with Crippen LogP contribution in [0.5, 0.6) is 0 Å². The van der Waals surface area contributed by atoms with Gasteiger partial charge in [-0.05, 0) is 30.3 Å². The van der Waals surface area contributed by atoms with E-state index in [-0.39, 0.29) is 5.56 Å². The number of hydrogen-bond acceptors (Lipinski definition) is 4. The second-order valence-corrected chi connectivity index (χ2v) is 4.44. The predicted octanol–water partition coefficient (Wildman–Crippen LogP) is 3.87. The summed E-state index contributed by atoms with van der Waals surface area (Å²) in [4.78, 5) is 12.8. The highest BCUT2D eigenvalue weighted by Crippen LogP contribution is 2.30. The number of anilines is 1. The van der Waals surface area contributed by atoms with Crippen LogP contribution in [0.15, 0.2) is 58.8 Å². The number of carboxylic acid groups (broad SMARTS) is 1. The molecule has 0 aliphatic heterocycles. The van der Waals surface area contributed by atoms with Crippen molar-refractivity contribution >= 4 is 23.0 Å². The molecule has 0 aliphatic rings. The standard InChI is InChI=1S/C15H15N3O2/c1-18(2)14-10-11(15(19)20)8-9-13(14)17-16-12-6-4-3-5-7-12/h3-10H,1-2H3,(H,19,20)/b17-16+. The second kappa shape index (κ2) is 5.97. The Kier molecular flexibility index (Phi) is 4.10. The average molecular weight is 269 g/mol. The van der Waals surface area contributed by atoms with E-state index < -0.39 is 5.97 Å². The second-order valence-electron chi connectivity index (χ2n) is 4.44. The third-order valence-corrected chi connectivity index (χ3v) is 2.73. The summed E-state index contributed by atoms with van der Waals surface area (Å²) >= 11 is 0. The van der Waals surface area contributed by atoms with Crippen molar-refractivity contribution in [3.63, 3.8) is 0 Å². The maximum atomic E-state index is 11.0. The first-order chi connectivity index (χ1) is 9.58. The molecular weight excluding hydrogens is 254 g/mol. The molecule has 2 aromatic rings. The van der Waals surface area contributed by atoms with Crippen LogP contribution in [0.3, 0.4) is 0 Å². The lowest BCUT2D eigenvalue weighted by Crippen LogP contribution is -2.10. The van der Waals surface area contributed by atoms with Crippen molar-refractivity contribution in [3.05, 3.63) is 54.1 Å². The molecule has 0 atom stereocenters. The van der Waals surface area contributed by atoms with E-state index >= 15 is 0 Å². The molecule has 2 rings (SSSR count). The van der Waals surface area contributed by atoms with Gasteiger partial charge < -0.3 is 10.0 Å². The van der Waals surface area contributed by atoms with Crippen LogP contribution < -0.4 is 4.90 Å². The Balaban J connectivity index is 2.36. The minimum absolute atomic E-state index is 0.229. The predicted molar refractivity (Wildman–Crippen MR) is 78.3 cm³/mol. The number of aromatic carboxylic acids is 1. The Morgan fingerprint density at radius 1 is 1.05 bits per heavy atom. The van der Waals surface area contributed by atoms with Crippen molar-refractivity contribution in [2.24, 2.45) is 10.2 Å². The van der Waals surface area contributed by atoms with Crippen LogP contribution in [0.2, 0.25) is 0 Å². The van der Waals surface area contributed by atoms with E-state index in [0.717, 1.165) is 5.69 Å². The molecule has 5 nitrogen and oxygen atoms in total. The highest BCUT2D eigenvalue weighted by atomic mass is 16.4. The van der Waals surface area contributed by atoms with Crippen molar-refractivity contribution in [1.29, 1.82) is 0 Å². The molecule has 0 saturated carbocycles. The van der Waals surface area contributed by atoms with Crippen molar-refractivity contribution < 1.29 is 9.90 Å². The molecule has 5 heteroatoms. The SMILES string of the molecule is CN(C)c1cc(C(=O)O)ccc1/N=N/c1ccccc1. The molecule has 2 aromatic carbocycles. The number of hydrogen-bond donors (Lipinski definition) is 1. The molecule has 0 unspecified atom stereocenters. The number of benzene rings is 2. The van der Waals surface area contributed by atoms with Gasteiger partial charge in [-0.25, -0.2) is 4.79 Å². The van der Waals surface area contributed by atoms with E-state index in [1.54, 1.807) is 12.1 Å². The summed E-state index contributed by atoms with van der Waals surface area (Å²) in [5.74, 6) is -0.959. The minimum Gasteiger partial charge on any atom is -0.478 e. The van der Waals surface area contributed by atoms with Crippen LogP contribution in [0, 0.1) is 0 Å². The van der Waals surface area contributed by atoms with Crippen LogP contribution in [0.1, 0.15) is 10.4 Å². The summed E-state index contributed by atoms with van der Waals surface area (Å²) < 4.78 is 0. The normalized spacial score (nSPS) is 10.7. The summed E-state index contributed by atoms with van der Waals surface area (Å²) in [6, 6.07) is 14.1. The maximum Gasteiger partial charge on any atom is 0.335 e. The smallest absolute Gasteiger partial charge is 0.335 e. The van der Waals surface area contributed by atoms with Gasteiger partial charge in [0.15, 0.2) is 0 Å².